The zero-order valence-electron chi connectivity index (χ0n) is 20.0. The monoisotopic (exact) mass is 458 g/mol. The number of aromatic nitrogens is 2. The summed E-state index contributed by atoms with van der Waals surface area (Å²) in [5.74, 6) is 1.21. The van der Waals surface area contributed by atoms with E-state index in [4.69, 9.17) is 4.74 Å². The average Bonchev–Trinajstić information content (AvgIpc) is 3.48. The Morgan fingerprint density at radius 3 is 2.61 bits per heavy atom. The van der Waals surface area contributed by atoms with Gasteiger partial charge < -0.3 is 20.1 Å². The molecule has 0 unspecified atom stereocenters. The molecule has 2 amide bonds. The molecule has 182 valence electrons. The van der Waals surface area contributed by atoms with Gasteiger partial charge in [-0.1, -0.05) is 32.1 Å². The Labute approximate surface area is 196 Å². The van der Waals surface area contributed by atoms with Gasteiger partial charge >= 0.3 is 0 Å². The van der Waals surface area contributed by atoms with Crippen LogP contribution in [0.2, 0.25) is 0 Å². The summed E-state index contributed by atoms with van der Waals surface area (Å²) < 4.78 is 7.76. The first-order chi connectivity index (χ1) is 15.8. The van der Waals surface area contributed by atoms with Gasteiger partial charge in [0.05, 0.1) is 24.8 Å². The zero-order valence-corrected chi connectivity index (χ0v) is 20.0. The number of carbonyl (C=O) groups excluding carboxylic acids is 2. The van der Waals surface area contributed by atoms with Crippen LogP contribution in [0.3, 0.4) is 0 Å². The molecule has 8 nitrogen and oxygen atoms in total. The van der Waals surface area contributed by atoms with Crippen LogP contribution in [0.1, 0.15) is 78.1 Å². The van der Waals surface area contributed by atoms with Crippen LogP contribution in [0.4, 0.5) is 5.82 Å². The number of nitrogens with zero attached hydrogens (tertiary/aromatic N) is 3. The molecule has 1 aliphatic heterocycles. The highest BCUT2D eigenvalue weighted by atomic mass is 16.5. The molecule has 8 heteroatoms. The van der Waals surface area contributed by atoms with Crippen molar-refractivity contribution in [1.29, 1.82) is 0 Å². The Balaban J connectivity index is 1.42. The van der Waals surface area contributed by atoms with Crippen LogP contribution in [-0.4, -0.2) is 55.9 Å². The molecule has 2 fully saturated rings. The van der Waals surface area contributed by atoms with Crippen molar-refractivity contribution < 1.29 is 19.4 Å². The molecule has 0 radical (unpaired) electrons. The maximum atomic E-state index is 13.4. The molecule has 0 spiro atoms. The molecule has 2 saturated carbocycles. The van der Waals surface area contributed by atoms with Crippen molar-refractivity contribution in [2.24, 2.45) is 5.92 Å². The molecule has 1 aromatic rings. The third-order valence-electron chi connectivity index (χ3n) is 6.92. The molecule has 33 heavy (non-hydrogen) atoms. The molecule has 0 saturated heterocycles. The van der Waals surface area contributed by atoms with Gasteiger partial charge in [0.25, 0.3) is 5.91 Å². The van der Waals surface area contributed by atoms with E-state index in [0.717, 1.165) is 25.7 Å². The fraction of sp³-hybridized carbons (Fsp3) is 0.720. The van der Waals surface area contributed by atoms with Gasteiger partial charge in [-0.2, -0.15) is 5.10 Å². The van der Waals surface area contributed by atoms with Crippen LogP contribution in [0, 0.1) is 5.92 Å². The van der Waals surface area contributed by atoms with E-state index >= 15 is 0 Å². The lowest BCUT2D eigenvalue weighted by Gasteiger charge is -2.30. The first-order valence-electron chi connectivity index (χ1n) is 12.5. The van der Waals surface area contributed by atoms with Gasteiger partial charge in [0.1, 0.15) is 11.8 Å². The van der Waals surface area contributed by atoms with Gasteiger partial charge in [-0.3, -0.25) is 14.3 Å². The number of carbonyl (C=O) groups is 2. The van der Waals surface area contributed by atoms with E-state index in [2.05, 4.69) is 10.4 Å². The minimum atomic E-state index is -0.902. The van der Waals surface area contributed by atoms with Crippen molar-refractivity contribution >= 4 is 17.6 Å². The number of anilines is 1. The summed E-state index contributed by atoms with van der Waals surface area (Å²) in [7, 11) is 0. The number of hydrogen-bond donors (Lipinski definition) is 2. The number of hydrogen-bond acceptors (Lipinski definition) is 5. The van der Waals surface area contributed by atoms with Gasteiger partial charge in [0.15, 0.2) is 5.82 Å². The maximum Gasteiger partial charge on any atom is 0.251 e. The summed E-state index contributed by atoms with van der Waals surface area (Å²) in [6.45, 7) is 4.10. The molecule has 2 aliphatic carbocycles. The molecular formula is C25H38N4O4. The quantitative estimate of drug-likeness (QED) is 0.589. The molecule has 2 N–H and O–H groups in total. The summed E-state index contributed by atoms with van der Waals surface area (Å²) in [5, 5.41) is 17.3. The molecule has 0 aromatic carbocycles. The largest absolute Gasteiger partial charge is 0.493 e. The molecular weight excluding hydrogens is 420 g/mol. The van der Waals surface area contributed by atoms with E-state index in [1.165, 1.54) is 32.1 Å². The summed E-state index contributed by atoms with van der Waals surface area (Å²) >= 11 is 0. The third-order valence-corrected chi connectivity index (χ3v) is 6.92. The molecule has 0 bridgehead atoms. The minimum absolute atomic E-state index is 0.147. The fourth-order valence-corrected chi connectivity index (χ4v) is 5.30. The fourth-order valence-electron chi connectivity index (χ4n) is 5.30. The van der Waals surface area contributed by atoms with Crippen LogP contribution in [-0.2, 0) is 20.9 Å². The SMILES string of the molecule is CC(C)(O)Cn1ccc(NC(=O)[C@H](CC2CCCC2)N2CC(OC3CCCCC3)=CC2=O)n1. The average molecular weight is 459 g/mol. The summed E-state index contributed by atoms with van der Waals surface area (Å²) in [6, 6.07) is 1.17. The van der Waals surface area contributed by atoms with Crippen molar-refractivity contribution in [2.45, 2.75) is 102 Å². The summed E-state index contributed by atoms with van der Waals surface area (Å²) in [5.41, 5.74) is -0.902. The minimum Gasteiger partial charge on any atom is -0.493 e. The van der Waals surface area contributed by atoms with Crippen LogP contribution >= 0.6 is 0 Å². The van der Waals surface area contributed by atoms with E-state index in [9.17, 15) is 14.7 Å². The lowest BCUT2D eigenvalue weighted by atomic mass is 9.96. The van der Waals surface area contributed by atoms with Crippen LogP contribution in [0.5, 0.6) is 0 Å². The summed E-state index contributed by atoms with van der Waals surface area (Å²) in [4.78, 5) is 27.9. The van der Waals surface area contributed by atoms with Crippen molar-refractivity contribution in [3.05, 3.63) is 24.1 Å². The van der Waals surface area contributed by atoms with Crippen LogP contribution in [0.25, 0.3) is 0 Å². The Hall–Kier alpha value is -2.35. The van der Waals surface area contributed by atoms with Crippen LogP contribution < -0.4 is 5.32 Å². The topological polar surface area (TPSA) is 96.7 Å². The van der Waals surface area contributed by atoms with Gasteiger partial charge in [0.2, 0.25) is 5.91 Å². The number of rotatable bonds is 9. The Kier molecular flexibility index (Phi) is 7.41. The Morgan fingerprint density at radius 2 is 1.91 bits per heavy atom. The second-order valence-corrected chi connectivity index (χ2v) is 10.6. The highest BCUT2D eigenvalue weighted by molar-refractivity contribution is 5.99. The Morgan fingerprint density at radius 1 is 1.21 bits per heavy atom. The lowest BCUT2D eigenvalue weighted by molar-refractivity contribution is -0.134. The van der Waals surface area contributed by atoms with E-state index < -0.39 is 11.6 Å². The van der Waals surface area contributed by atoms with Crippen molar-refractivity contribution in [2.75, 3.05) is 11.9 Å². The number of ether oxygens (including phenoxy) is 1. The first-order valence-corrected chi connectivity index (χ1v) is 12.5. The van der Waals surface area contributed by atoms with Gasteiger partial charge in [-0.25, -0.2) is 0 Å². The van der Waals surface area contributed by atoms with E-state index in [1.807, 2.05) is 0 Å². The lowest BCUT2D eigenvalue weighted by Crippen LogP contribution is -2.46. The zero-order chi connectivity index (χ0) is 23.4. The smallest absolute Gasteiger partial charge is 0.251 e. The standard InChI is InChI=1S/C25H38N4O4/c1-25(2,32)17-28-13-12-22(27-28)26-24(31)21(14-18-8-6-7-9-18)29-16-20(15-23(29)30)33-19-10-4-3-5-11-19/h12-13,15,18-19,21,32H,3-11,14,16-17H2,1-2H3,(H,26,27,31)/t21-/m0/s1. The normalized spacial score (nSPS) is 21.4. The third kappa shape index (κ3) is 6.59. The van der Waals surface area contributed by atoms with Crippen LogP contribution in [0.15, 0.2) is 24.1 Å². The van der Waals surface area contributed by atoms with Gasteiger partial charge in [0, 0.05) is 18.3 Å². The highest BCUT2D eigenvalue weighted by Crippen LogP contribution is 2.32. The highest BCUT2D eigenvalue weighted by Gasteiger charge is 2.37. The molecule has 4 rings (SSSR count). The molecule has 3 aliphatic rings. The number of amides is 2. The maximum absolute atomic E-state index is 13.4. The predicted molar refractivity (Wildman–Crippen MR) is 125 cm³/mol. The first kappa shape index (κ1) is 23.8. The Bertz CT molecular complexity index is 860. The van der Waals surface area contributed by atoms with Gasteiger partial charge in [-0.05, 0) is 51.9 Å². The van der Waals surface area contributed by atoms with Crippen molar-refractivity contribution in [3.8, 4) is 0 Å². The van der Waals surface area contributed by atoms with Crippen molar-refractivity contribution in [1.82, 2.24) is 14.7 Å². The molecule has 1 aromatic heterocycles. The second-order valence-electron chi connectivity index (χ2n) is 10.6. The van der Waals surface area contributed by atoms with Crippen molar-refractivity contribution in [3.63, 3.8) is 0 Å². The number of aliphatic hydroxyl groups is 1. The molecule has 2 heterocycles. The van der Waals surface area contributed by atoms with E-state index in [-0.39, 0.29) is 17.9 Å². The van der Waals surface area contributed by atoms with Gasteiger partial charge in [-0.15, -0.1) is 0 Å². The summed E-state index contributed by atoms with van der Waals surface area (Å²) in [6.07, 6.45) is 14.4. The van der Waals surface area contributed by atoms with E-state index in [0.29, 0.717) is 37.0 Å². The number of nitrogens with one attached hydrogen (secondary N) is 1. The molecule has 1 atom stereocenters. The predicted octanol–water partition coefficient (Wildman–Crippen LogP) is 3.62. The second kappa shape index (κ2) is 10.3. The van der Waals surface area contributed by atoms with E-state index in [1.54, 1.807) is 41.8 Å².